The van der Waals surface area contributed by atoms with Crippen LogP contribution in [0.3, 0.4) is 0 Å². The van der Waals surface area contributed by atoms with Crippen LogP contribution in [0.5, 0.6) is 0 Å². The molecule has 0 saturated carbocycles. The number of hydrogen-bond donors (Lipinski definition) is 0. The van der Waals surface area contributed by atoms with Crippen LogP contribution >= 0.6 is 0 Å². The Morgan fingerprint density at radius 2 is 0.457 bits per heavy atom. The molecule has 17 rings (SSSR count). The lowest BCUT2D eigenvalue weighted by Gasteiger charge is -2.54. The molecule has 9 heterocycles. The molecule has 70 heavy (non-hydrogen) atoms. The van der Waals surface area contributed by atoms with E-state index in [0.29, 0.717) is 0 Å². The Hall–Kier alpha value is -6.38. The van der Waals surface area contributed by atoms with Gasteiger partial charge in [0.15, 0.2) is 0 Å². The SMILES string of the molecule is CC(C)(C)c1ccc2c(c1)-c1cc3c4c5c1B2c1ccc2c6c1N5c1c(ccc5c1N6c1c6c(cc7c1B5c1ccc(C(C)(C)C)cc1-7)-c1cc(C(C)(C)C)ccc1B26)B4c1ccc(C(C)(C)C)cc1-3. The van der Waals surface area contributed by atoms with Crippen molar-refractivity contribution in [3.05, 3.63) is 131 Å². The van der Waals surface area contributed by atoms with Gasteiger partial charge in [0.1, 0.15) is 0 Å². The summed E-state index contributed by atoms with van der Waals surface area (Å²) in [5.74, 6) is 0. The zero-order valence-electron chi connectivity index (χ0n) is 42.6. The van der Waals surface area contributed by atoms with Gasteiger partial charge in [-0.2, -0.15) is 0 Å². The van der Waals surface area contributed by atoms with Crippen LogP contribution in [-0.4, -0.2) is 26.9 Å². The Morgan fingerprint density at radius 1 is 0.243 bits per heavy atom. The number of nitrogens with zero attached hydrogens (tertiary/aromatic N) is 2. The molecule has 0 N–H and O–H groups in total. The van der Waals surface area contributed by atoms with Gasteiger partial charge < -0.3 is 9.80 Å². The standard InChI is InChI=1S/C64H54B4N2/c1-61(2,3)31-13-17-43-35(25-31)39-29-40-36-26-32(62(4,5)6)14-18-44(36)66-49-23-24-50-58-57(49)69-55-47(65(43)51(39)59(69)52(40)66)21-22-48-56(55)70(58)60-53-41(37-27-33(63(7,8)9)15-19-45(37)67(48)53)30-42-38-28-34(64(10,11)12)16-20-46(38)68(50)54(42)60/h13-30H,1-12H3. The third-order valence-electron chi connectivity index (χ3n) is 19.0. The molecule has 0 aromatic heterocycles. The first kappa shape index (κ1) is 39.4. The van der Waals surface area contributed by atoms with E-state index in [2.05, 4.69) is 202 Å². The summed E-state index contributed by atoms with van der Waals surface area (Å²) < 4.78 is 0. The lowest BCUT2D eigenvalue weighted by molar-refractivity contribution is 0.590. The highest BCUT2D eigenvalue weighted by atomic mass is 15.3. The summed E-state index contributed by atoms with van der Waals surface area (Å²) in [5, 5.41) is 0. The molecule has 2 nitrogen and oxygen atoms in total. The lowest BCUT2D eigenvalue weighted by Crippen LogP contribution is -2.68. The number of anilines is 6. The molecule has 8 aromatic carbocycles. The summed E-state index contributed by atoms with van der Waals surface area (Å²) in [4.78, 5) is 5.77. The first-order chi connectivity index (χ1) is 33.3. The Bertz CT molecular complexity index is 3470. The summed E-state index contributed by atoms with van der Waals surface area (Å²) in [5.41, 5.74) is 43.6. The molecule has 9 aliphatic heterocycles. The van der Waals surface area contributed by atoms with Gasteiger partial charge in [0.25, 0.3) is 0 Å². The smallest absolute Gasteiger partial charge is 0.248 e. The van der Waals surface area contributed by atoms with Crippen LogP contribution < -0.4 is 75.4 Å². The normalized spacial score (nSPS) is 16.1. The lowest BCUT2D eigenvalue weighted by atomic mass is 9.29. The van der Waals surface area contributed by atoms with Crippen molar-refractivity contribution in [2.45, 2.75) is 105 Å². The van der Waals surface area contributed by atoms with E-state index in [1.165, 1.54) is 166 Å². The fraction of sp³-hybridized carbons (Fsp3) is 0.250. The highest BCUT2D eigenvalue weighted by Crippen LogP contribution is 2.59. The topological polar surface area (TPSA) is 6.48 Å². The minimum absolute atomic E-state index is 0.0339. The predicted octanol–water partition coefficient (Wildman–Crippen LogP) is 7.37. The summed E-state index contributed by atoms with van der Waals surface area (Å²) in [6.45, 7) is 29.1. The van der Waals surface area contributed by atoms with Gasteiger partial charge in [-0.1, -0.05) is 202 Å². The summed E-state index contributed by atoms with van der Waals surface area (Å²) in [7, 11) is 0. The molecular weight excluding hydrogens is 840 g/mol. The van der Waals surface area contributed by atoms with Crippen LogP contribution in [0.15, 0.2) is 109 Å². The fourth-order valence-electron chi connectivity index (χ4n) is 15.7. The molecule has 0 unspecified atom stereocenters. The summed E-state index contributed by atoms with van der Waals surface area (Å²) >= 11 is 0. The minimum atomic E-state index is 0.0339. The maximum atomic E-state index is 2.88. The van der Waals surface area contributed by atoms with Gasteiger partial charge in [0, 0.05) is 11.4 Å². The van der Waals surface area contributed by atoms with Gasteiger partial charge in [-0.15, -0.1) is 0 Å². The maximum absolute atomic E-state index is 2.88. The van der Waals surface area contributed by atoms with E-state index in [0.717, 1.165) is 0 Å². The van der Waals surface area contributed by atoms with Gasteiger partial charge in [-0.3, -0.25) is 0 Å². The van der Waals surface area contributed by atoms with E-state index in [-0.39, 0.29) is 48.5 Å². The third kappa shape index (κ3) is 4.22. The largest absolute Gasteiger partial charge is 0.308 e. The maximum Gasteiger partial charge on any atom is 0.248 e. The second-order valence-corrected chi connectivity index (χ2v) is 26.8. The predicted molar refractivity (Wildman–Crippen MR) is 305 cm³/mol. The molecule has 0 bridgehead atoms. The first-order valence-electron chi connectivity index (χ1n) is 26.2. The van der Waals surface area contributed by atoms with Gasteiger partial charge >= 0.3 is 0 Å². The highest BCUT2D eigenvalue weighted by Gasteiger charge is 2.60. The van der Waals surface area contributed by atoms with Gasteiger partial charge in [-0.05, 0) is 144 Å². The van der Waals surface area contributed by atoms with Crippen molar-refractivity contribution in [2.24, 2.45) is 0 Å². The van der Waals surface area contributed by atoms with Crippen molar-refractivity contribution in [2.75, 3.05) is 9.80 Å². The zero-order chi connectivity index (χ0) is 47.5. The molecule has 0 radical (unpaired) electrons. The second kappa shape index (κ2) is 11.5. The van der Waals surface area contributed by atoms with Gasteiger partial charge in [0.2, 0.25) is 26.9 Å². The van der Waals surface area contributed by atoms with Crippen molar-refractivity contribution >= 4 is 127 Å². The molecule has 0 spiro atoms. The molecule has 0 fully saturated rings. The molecular formula is C64H54B4N2. The molecule has 0 atom stereocenters. The molecule has 0 aliphatic carbocycles. The summed E-state index contributed by atoms with van der Waals surface area (Å²) in [6, 6.07) is 45.9. The minimum Gasteiger partial charge on any atom is -0.308 e. The molecule has 0 amide bonds. The molecule has 6 heteroatoms. The number of fused-ring (bicyclic) bond motifs is 16. The van der Waals surface area contributed by atoms with Gasteiger partial charge in [-0.25, -0.2) is 0 Å². The van der Waals surface area contributed by atoms with E-state index in [4.69, 9.17) is 0 Å². The second-order valence-electron chi connectivity index (χ2n) is 26.8. The van der Waals surface area contributed by atoms with Crippen LogP contribution in [0.1, 0.15) is 105 Å². The van der Waals surface area contributed by atoms with E-state index in [9.17, 15) is 0 Å². The van der Waals surface area contributed by atoms with Crippen molar-refractivity contribution < 1.29 is 0 Å². The number of benzene rings is 8. The third-order valence-corrected chi connectivity index (χ3v) is 19.0. The molecule has 9 aliphatic rings. The van der Waals surface area contributed by atoms with Gasteiger partial charge in [0.05, 0.1) is 22.7 Å². The van der Waals surface area contributed by atoms with E-state index in [1.807, 2.05) is 0 Å². The van der Waals surface area contributed by atoms with Crippen LogP contribution in [0.2, 0.25) is 0 Å². The van der Waals surface area contributed by atoms with Crippen molar-refractivity contribution in [1.29, 1.82) is 0 Å². The Morgan fingerprint density at radius 3 is 0.671 bits per heavy atom. The number of hydrogen-bond acceptors (Lipinski definition) is 2. The summed E-state index contributed by atoms with van der Waals surface area (Å²) in [6.07, 6.45) is 0. The quantitative estimate of drug-likeness (QED) is 0.147. The van der Waals surface area contributed by atoms with E-state index < -0.39 is 0 Å². The van der Waals surface area contributed by atoms with Crippen molar-refractivity contribution in [3.8, 4) is 44.5 Å². The van der Waals surface area contributed by atoms with E-state index in [1.54, 1.807) is 0 Å². The molecule has 332 valence electrons. The van der Waals surface area contributed by atoms with Crippen LogP contribution in [0.25, 0.3) is 44.5 Å². The fourth-order valence-corrected chi connectivity index (χ4v) is 15.7. The van der Waals surface area contributed by atoms with Crippen molar-refractivity contribution in [3.63, 3.8) is 0 Å². The Balaban J connectivity index is 1.05. The number of rotatable bonds is 0. The zero-order valence-corrected chi connectivity index (χ0v) is 42.6. The average molecular weight is 894 g/mol. The average Bonchev–Trinajstić information content (AvgIpc) is 4.04. The highest BCUT2D eigenvalue weighted by molar-refractivity contribution is 7.09. The first-order valence-corrected chi connectivity index (χ1v) is 26.2. The Kier molecular flexibility index (Phi) is 6.48. The molecule has 0 saturated heterocycles. The monoisotopic (exact) mass is 894 g/mol. The van der Waals surface area contributed by atoms with Crippen LogP contribution in [0.4, 0.5) is 34.1 Å². The van der Waals surface area contributed by atoms with Crippen molar-refractivity contribution in [1.82, 2.24) is 0 Å². The van der Waals surface area contributed by atoms with Crippen LogP contribution in [-0.2, 0) is 21.7 Å². The van der Waals surface area contributed by atoms with E-state index >= 15 is 0 Å². The molecule has 8 aromatic rings. The Labute approximate surface area is 414 Å². The van der Waals surface area contributed by atoms with Crippen LogP contribution in [0, 0.1) is 0 Å².